The molecule has 1 fully saturated rings. The number of aryl methyl sites for hydroxylation is 2. The van der Waals surface area contributed by atoms with E-state index in [1.54, 1.807) is 32.0 Å². The van der Waals surface area contributed by atoms with E-state index in [0.29, 0.717) is 30.0 Å². The second kappa shape index (κ2) is 6.14. The van der Waals surface area contributed by atoms with Gasteiger partial charge in [0.15, 0.2) is 0 Å². The minimum Gasteiger partial charge on any atom is -0.267 e. The van der Waals surface area contributed by atoms with Gasteiger partial charge in [0.1, 0.15) is 4.90 Å². The van der Waals surface area contributed by atoms with Gasteiger partial charge in [-0.3, -0.25) is 4.79 Å². The fourth-order valence-corrected chi connectivity index (χ4v) is 5.03. The smallest absolute Gasteiger partial charge is 0.267 e. The summed E-state index contributed by atoms with van der Waals surface area (Å²) in [5.74, 6) is -0.317. The van der Waals surface area contributed by atoms with Crippen molar-refractivity contribution in [2.75, 3.05) is 13.1 Å². The molecule has 6 nitrogen and oxygen atoms in total. The summed E-state index contributed by atoms with van der Waals surface area (Å²) in [6, 6.07) is 7.19. The molecular formula is C17H21N3O3S. The molecule has 0 bridgehead atoms. The predicted octanol–water partition coefficient (Wildman–Crippen LogP) is 2.28. The van der Waals surface area contributed by atoms with Crippen LogP contribution in [0.15, 0.2) is 29.2 Å². The number of nitrogens with zero attached hydrogens (tertiary/aromatic N) is 3. The first kappa shape index (κ1) is 16.9. The predicted molar refractivity (Wildman–Crippen MR) is 90.6 cm³/mol. The molecule has 1 aliphatic heterocycles. The van der Waals surface area contributed by atoms with Crippen LogP contribution in [0, 0.1) is 20.8 Å². The van der Waals surface area contributed by atoms with Gasteiger partial charge < -0.3 is 0 Å². The van der Waals surface area contributed by atoms with Crippen molar-refractivity contribution in [1.82, 2.24) is 14.1 Å². The third-order valence-corrected chi connectivity index (χ3v) is 6.50. The van der Waals surface area contributed by atoms with Gasteiger partial charge in [-0.2, -0.15) is 14.1 Å². The van der Waals surface area contributed by atoms with Gasteiger partial charge >= 0.3 is 0 Å². The number of rotatable bonds is 3. The van der Waals surface area contributed by atoms with E-state index < -0.39 is 10.0 Å². The lowest BCUT2D eigenvalue weighted by Crippen LogP contribution is -2.29. The molecule has 2 aromatic rings. The molecule has 7 heteroatoms. The third-order valence-electron chi connectivity index (χ3n) is 4.35. The van der Waals surface area contributed by atoms with Crippen LogP contribution in [0.5, 0.6) is 0 Å². The lowest BCUT2D eigenvalue weighted by molar-refractivity contribution is 0.0942. The Morgan fingerprint density at radius 1 is 1.12 bits per heavy atom. The van der Waals surface area contributed by atoms with Gasteiger partial charge in [-0.05, 0) is 45.7 Å². The number of sulfonamides is 1. The molecule has 1 aromatic carbocycles. The molecule has 2 heterocycles. The number of carbonyl (C=O) groups excluding carboxylic acids is 1. The minimum absolute atomic E-state index is 0.158. The van der Waals surface area contributed by atoms with E-state index in [2.05, 4.69) is 5.10 Å². The quantitative estimate of drug-likeness (QED) is 0.854. The van der Waals surface area contributed by atoms with Crippen molar-refractivity contribution >= 4 is 15.9 Å². The minimum atomic E-state index is -3.61. The summed E-state index contributed by atoms with van der Waals surface area (Å²) < 4.78 is 28.4. The molecule has 0 saturated carbocycles. The molecule has 0 amide bonds. The fourth-order valence-electron chi connectivity index (χ4n) is 3.16. The van der Waals surface area contributed by atoms with E-state index in [1.807, 2.05) is 13.0 Å². The zero-order chi connectivity index (χ0) is 17.5. The maximum absolute atomic E-state index is 12.9. The van der Waals surface area contributed by atoms with Gasteiger partial charge in [0.25, 0.3) is 5.91 Å². The normalized spacial score (nSPS) is 15.8. The highest BCUT2D eigenvalue weighted by Gasteiger charge is 2.33. The summed E-state index contributed by atoms with van der Waals surface area (Å²) in [7, 11) is -3.61. The molecule has 3 rings (SSSR count). The van der Waals surface area contributed by atoms with E-state index >= 15 is 0 Å². The van der Waals surface area contributed by atoms with E-state index in [4.69, 9.17) is 0 Å². The first-order valence-corrected chi connectivity index (χ1v) is 9.44. The molecule has 1 aromatic heterocycles. The molecule has 128 valence electrons. The highest BCUT2D eigenvalue weighted by Crippen LogP contribution is 2.26. The van der Waals surface area contributed by atoms with Crippen LogP contribution in [0.4, 0.5) is 0 Å². The second-order valence-electron chi connectivity index (χ2n) is 6.20. The van der Waals surface area contributed by atoms with E-state index in [9.17, 15) is 13.2 Å². The van der Waals surface area contributed by atoms with Crippen LogP contribution in [0.3, 0.4) is 0 Å². The number of hydrogen-bond donors (Lipinski definition) is 0. The zero-order valence-corrected chi connectivity index (χ0v) is 14.9. The summed E-state index contributed by atoms with van der Waals surface area (Å²) in [5.41, 5.74) is 2.18. The van der Waals surface area contributed by atoms with Crippen molar-refractivity contribution in [3.63, 3.8) is 0 Å². The number of hydrogen-bond acceptors (Lipinski definition) is 4. The SMILES string of the molecule is Cc1cccc(C(=O)n2nc(C)c(S(=O)(=O)N3CCCC3)c2C)c1. The van der Waals surface area contributed by atoms with Gasteiger partial charge in [-0.25, -0.2) is 8.42 Å². The van der Waals surface area contributed by atoms with Crippen LogP contribution >= 0.6 is 0 Å². The molecule has 1 saturated heterocycles. The Morgan fingerprint density at radius 2 is 1.79 bits per heavy atom. The van der Waals surface area contributed by atoms with Crippen molar-refractivity contribution in [3.8, 4) is 0 Å². The van der Waals surface area contributed by atoms with Crippen LogP contribution in [0.25, 0.3) is 0 Å². The van der Waals surface area contributed by atoms with Gasteiger partial charge in [-0.1, -0.05) is 17.7 Å². The monoisotopic (exact) mass is 347 g/mol. The van der Waals surface area contributed by atoms with Gasteiger partial charge in [0, 0.05) is 18.7 Å². The Labute approximate surface area is 142 Å². The Hall–Kier alpha value is -1.99. The fraction of sp³-hybridized carbons (Fsp3) is 0.412. The largest absolute Gasteiger partial charge is 0.278 e. The molecule has 0 radical (unpaired) electrons. The van der Waals surface area contributed by atoms with Crippen molar-refractivity contribution in [2.24, 2.45) is 0 Å². The number of carbonyl (C=O) groups is 1. The summed E-state index contributed by atoms with van der Waals surface area (Å²) in [5, 5.41) is 4.22. The molecule has 24 heavy (non-hydrogen) atoms. The van der Waals surface area contributed by atoms with Crippen molar-refractivity contribution in [1.29, 1.82) is 0 Å². The molecule has 0 atom stereocenters. The van der Waals surface area contributed by atoms with Crippen LogP contribution in [-0.2, 0) is 10.0 Å². The van der Waals surface area contributed by atoms with E-state index in [0.717, 1.165) is 18.4 Å². The Balaban J connectivity index is 2.05. The number of aromatic nitrogens is 2. The van der Waals surface area contributed by atoms with Crippen molar-refractivity contribution in [3.05, 3.63) is 46.8 Å². The summed E-state index contributed by atoms with van der Waals surface area (Å²) in [4.78, 5) is 12.9. The molecule has 1 aliphatic rings. The van der Waals surface area contributed by atoms with Gasteiger partial charge in [-0.15, -0.1) is 0 Å². The standard InChI is InChI=1S/C17H21N3O3S/c1-12-7-6-8-15(11-12)17(21)20-14(3)16(13(2)18-20)24(22,23)19-9-4-5-10-19/h6-8,11H,4-5,9-10H2,1-3H3. The Bertz CT molecular complexity index is 894. The highest BCUT2D eigenvalue weighted by molar-refractivity contribution is 7.89. The summed E-state index contributed by atoms with van der Waals surface area (Å²) >= 11 is 0. The average Bonchev–Trinajstić information content (AvgIpc) is 3.15. The van der Waals surface area contributed by atoms with Crippen LogP contribution in [0.2, 0.25) is 0 Å². The number of benzene rings is 1. The average molecular weight is 347 g/mol. The van der Waals surface area contributed by atoms with Crippen LogP contribution in [0.1, 0.15) is 40.2 Å². The van der Waals surface area contributed by atoms with Crippen molar-refractivity contribution < 1.29 is 13.2 Å². The molecule has 0 unspecified atom stereocenters. The zero-order valence-electron chi connectivity index (χ0n) is 14.1. The Morgan fingerprint density at radius 3 is 2.42 bits per heavy atom. The lowest BCUT2D eigenvalue weighted by Gasteiger charge is -2.15. The maximum Gasteiger partial charge on any atom is 0.278 e. The van der Waals surface area contributed by atoms with E-state index in [1.165, 1.54) is 8.99 Å². The van der Waals surface area contributed by atoms with E-state index in [-0.39, 0.29) is 10.8 Å². The van der Waals surface area contributed by atoms with Gasteiger partial charge in [0.2, 0.25) is 10.0 Å². The van der Waals surface area contributed by atoms with Crippen LogP contribution < -0.4 is 0 Å². The third kappa shape index (κ3) is 2.78. The molecule has 0 spiro atoms. The second-order valence-corrected chi connectivity index (χ2v) is 8.07. The topological polar surface area (TPSA) is 72.3 Å². The Kier molecular flexibility index (Phi) is 4.31. The van der Waals surface area contributed by atoms with Crippen LogP contribution in [-0.4, -0.2) is 41.5 Å². The first-order chi connectivity index (χ1) is 11.3. The first-order valence-electron chi connectivity index (χ1n) is 8.00. The van der Waals surface area contributed by atoms with Crippen molar-refractivity contribution in [2.45, 2.75) is 38.5 Å². The summed E-state index contributed by atoms with van der Waals surface area (Å²) in [6.45, 7) is 6.23. The molecule has 0 aliphatic carbocycles. The molecule has 0 N–H and O–H groups in total. The highest BCUT2D eigenvalue weighted by atomic mass is 32.2. The molecular weight excluding hydrogens is 326 g/mol. The van der Waals surface area contributed by atoms with Gasteiger partial charge in [0.05, 0.1) is 11.4 Å². The summed E-state index contributed by atoms with van der Waals surface area (Å²) in [6.07, 6.45) is 1.74. The maximum atomic E-state index is 12.9. The lowest BCUT2D eigenvalue weighted by atomic mass is 10.1.